The van der Waals surface area contributed by atoms with Gasteiger partial charge in [0.15, 0.2) is 6.10 Å². The first-order valence-electron chi connectivity index (χ1n) is 8.53. The fourth-order valence-electron chi connectivity index (χ4n) is 3.79. The van der Waals surface area contributed by atoms with Gasteiger partial charge in [0, 0.05) is 30.2 Å². The van der Waals surface area contributed by atoms with E-state index in [4.69, 9.17) is 11.6 Å². The predicted molar refractivity (Wildman–Crippen MR) is 95.1 cm³/mol. The molecule has 0 radical (unpaired) electrons. The molecule has 0 aromatic heterocycles. The van der Waals surface area contributed by atoms with E-state index in [0.29, 0.717) is 23.7 Å². The molecule has 1 unspecified atom stereocenters. The van der Waals surface area contributed by atoms with Crippen molar-refractivity contribution in [2.24, 2.45) is 0 Å². The summed E-state index contributed by atoms with van der Waals surface area (Å²) in [7, 11) is 4.30. The molecule has 0 saturated carbocycles. The summed E-state index contributed by atoms with van der Waals surface area (Å²) in [5.41, 5.74) is 0.640. The maximum absolute atomic E-state index is 12.8. The van der Waals surface area contributed by atoms with Crippen molar-refractivity contribution < 1.29 is 9.90 Å². The molecule has 6 heteroatoms. The summed E-state index contributed by atoms with van der Waals surface area (Å²) in [6, 6.07) is 6.84. The van der Waals surface area contributed by atoms with E-state index >= 15 is 0 Å². The van der Waals surface area contributed by atoms with Gasteiger partial charge in [-0.2, -0.15) is 0 Å². The third-order valence-electron chi connectivity index (χ3n) is 5.65. The monoisotopic (exact) mass is 351 g/mol. The molecule has 1 aromatic rings. The Morgan fingerprint density at radius 3 is 2.38 bits per heavy atom. The van der Waals surface area contributed by atoms with E-state index in [1.54, 1.807) is 24.3 Å². The molecule has 1 aromatic carbocycles. The lowest BCUT2D eigenvalue weighted by Crippen LogP contribution is -2.65. The number of carbonyl (C=O) groups is 1. The van der Waals surface area contributed by atoms with E-state index < -0.39 is 6.10 Å². The molecule has 24 heavy (non-hydrogen) atoms. The van der Waals surface area contributed by atoms with Gasteiger partial charge in [-0.05, 0) is 57.7 Å². The van der Waals surface area contributed by atoms with Crippen molar-refractivity contribution in [1.29, 1.82) is 0 Å². The maximum Gasteiger partial charge on any atom is 0.256 e. The molecular formula is C18H26ClN3O2. The van der Waals surface area contributed by atoms with Crippen LogP contribution in [-0.4, -0.2) is 78.1 Å². The highest BCUT2D eigenvalue weighted by Crippen LogP contribution is 2.32. The second-order valence-corrected chi connectivity index (χ2v) is 7.60. The Balaban J connectivity index is 1.72. The Morgan fingerprint density at radius 1 is 1.12 bits per heavy atom. The van der Waals surface area contributed by atoms with Crippen LogP contribution in [0, 0.1) is 0 Å². The Morgan fingerprint density at radius 2 is 1.75 bits per heavy atom. The van der Waals surface area contributed by atoms with Gasteiger partial charge >= 0.3 is 0 Å². The fourth-order valence-corrected chi connectivity index (χ4v) is 3.91. The molecule has 1 atom stereocenters. The van der Waals surface area contributed by atoms with Gasteiger partial charge in [-0.3, -0.25) is 9.69 Å². The quantitative estimate of drug-likeness (QED) is 0.879. The molecule has 2 saturated heterocycles. The summed E-state index contributed by atoms with van der Waals surface area (Å²) in [6.07, 6.45) is 0.996. The minimum absolute atomic E-state index is 0.0418. The number of likely N-dealkylation sites (tertiary alicyclic amines) is 1. The highest BCUT2D eigenvalue weighted by Gasteiger charge is 2.43. The van der Waals surface area contributed by atoms with Crippen molar-refractivity contribution in [2.75, 3.05) is 46.8 Å². The van der Waals surface area contributed by atoms with Crippen molar-refractivity contribution in [3.05, 3.63) is 34.9 Å². The molecule has 1 spiro atoms. The second kappa shape index (κ2) is 7.00. The van der Waals surface area contributed by atoms with Crippen molar-refractivity contribution in [2.45, 2.75) is 24.5 Å². The van der Waals surface area contributed by atoms with E-state index in [1.807, 2.05) is 4.90 Å². The van der Waals surface area contributed by atoms with Gasteiger partial charge in [-0.1, -0.05) is 23.7 Å². The number of likely N-dealkylation sites (N-methyl/N-ethyl adjacent to an activating group) is 1. The number of hydrogen-bond acceptors (Lipinski definition) is 4. The average Bonchev–Trinajstić information content (AvgIpc) is 2.59. The number of piperazine rings is 1. The first kappa shape index (κ1) is 17.7. The topological polar surface area (TPSA) is 47.0 Å². The molecule has 2 aliphatic rings. The smallest absolute Gasteiger partial charge is 0.256 e. The highest BCUT2D eigenvalue weighted by molar-refractivity contribution is 6.30. The van der Waals surface area contributed by atoms with Crippen LogP contribution in [0.2, 0.25) is 5.02 Å². The van der Waals surface area contributed by atoms with Gasteiger partial charge in [0.2, 0.25) is 0 Å². The van der Waals surface area contributed by atoms with Crippen LogP contribution in [0.5, 0.6) is 0 Å². The third-order valence-corrected chi connectivity index (χ3v) is 5.90. The number of benzene rings is 1. The van der Waals surface area contributed by atoms with E-state index in [9.17, 15) is 9.90 Å². The van der Waals surface area contributed by atoms with E-state index in [1.165, 1.54) is 0 Å². The number of hydrogen-bond donors (Lipinski definition) is 1. The number of rotatable bonds is 2. The van der Waals surface area contributed by atoms with Gasteiger partial charge in [-0.25, -0.2) is 0 Å². The Kier molecular flexibility index (Phi) is 5.16. The maximum atomic E-state index is 12.8. The number of piperidine rings is 1. The number of carbonyl (C=O) groups excluding carboxylic acids is 1. The molecule has 5 nitrogen and oxygen atoms in total. The number of nitrogens with zero attached hydrogens (tertiary/aromatic N) is 3. The fraction of sp³-hybridized carbons (Fsp3) is 0.611. The zero-order chi connectivity index (χ0) is 17.3. The minimum Gasteiger partial charge on any atom is -0.378 e. The summed E-state index contributed by atoms with van der Waals surface area (Å²) < 4.78 is 0. The average molecular weight is 352 g/mol. The number of amides is 1. The van der Waals surface area contributed by atoms with Gasteiger partial charge in [0.1, 0.15) is 0 Å². The summed E-state index contributed by atoms with van der Waals surface area (Å²) in [6.45, 7) is 4.30. The van der Waals surface area contributed by atoms with Crippen molar-refractivity contribution in [3.63, 3.8) is 0 Å². The highest BCUT2D eigenvalue weighted by atomic mass is 35.5. The Bertz CT molecular complexity index is 584. The molecule has 0 bridgehead atoms. The first-order valence-corrected chi connectivity index (χ1v) is 8.91. The van der Waals surface area contributed by atoms with Gasteiger partial charge in [-0.15, -0.1) is 0 Å². The SMILES string of the molecule is CN1CCC2(CC1)CN(C(=O)C(O)c1ccc(Cl)cc1)CCN2C. The molecule has 2 heterocycles. The van der Waals surface area contributed by atoms with Crippen LogP contribution in [0.3, 0.4) is 0 Å². The van der Waals surface area contributed by atoms with Crippen LogP contribution in [-0.2, 0) is 4.79 Å². The van der Waals surface area contributed by atoms with Crippen LogP contribution < -0.4 is 0 Å². The molecule has 2 aliphatic heterocycles. The molecular weight excluding hydrogens is 326 g/mol. The van der Waals surface area contributed by atoms with Gasteiger partial charge in [0.05, 0.1) is 0 Å². The Hall–Kier alpha value is -1.14. The minimum atomic E-state index is -1.12. The lowest BCUT2D eigenvalue weighted by molar-refractivity contribution is -0.147. The summed E-state index contributed by atoms with van der Waals surface area (Å²) in [5.74, 6) is -0.205. The zero-order valence-electron chi connectivity index (χ0n) is 14.4. The first-order chi connectivity index (χ1) is 11.4. The zero-order valence-corrected chi connectivity index (χ0v) is 15.2. The molecule has 132 valence electrons. The van der Waals surface area contributed by atoms with E-state index in [2.05, 4.69) is 23.9 Å². The normalized spacial score (nSPS) is 23.4. The predicted octanol–water partition coefficient (Wildman–Crippen LogP) is 1.61. The van der Waals surface area contributed by atoms with Crippen molar-refractivity contribution in [1.82, 2.24) is 14.7 Å². The van der Waals surface area contributed by atoms with Gasteiger partial charge < -0.3 is 14.9 Å². The van der Waals surface area contributed by atoms with Crippen molar-refractivity contribution >= 4 is 17.5 Å². The van der Waals surface area contributed by atoms with Gasteiger partial charge in [0.25, 0.3) is 5.91 Å². The molecule has 0 aliphatic carbocycles. The molecule has 2 fully saturated rings. The number of aliphatic hydroxyl groups is 1. The summed E-state index contributed by atoms with van der Waals surface area (Å²) >= 11 is 5.88. The van der Waals surface area contributed by atoms with Crippen LogP contribution in [0.25, 0.3) is 0 Å². The lowest BCUT2D eigenvalue weighted by Gasteiger charge is -2.53. The van der Waals surface area contributed by atoms with E-state index in [0.717, 1.165) is 32.5 Å². The largest absolute Gasteiger partial charge is 0.378 e. The van der Waals surface area contributed by atoms with E-state index in [-0.39, 0.29) is 11.4 Å². The van der Waals surface area contributed by atoms with Crippen LogP contribution >= 0.6 is 11.6 Å². The van der Waals surface area contributed by atoms with Crippen LogP contribution in [0.4, 0.5) is 0 Å². The molecule has 1 N–H and O–H groups in total. The third kappa shape index (κ3) is 3.45. The number of aliphatic hydroxyl groups excluding tert-OH is 1. The van der Waals surface area contributed by atoms with Crippen LogP contribution in [0.1, 0.15) is 24.5 Å². The molecule has 3 rings (SSSR count). The standard InChI is InChI=1S/C18H26ClN3O2/c1-20-9-7-18(8-10-20)13-22(12-11-21(18)2)17(24)16(23)14-3-5-15(19)6-4-14/h3-6,16,23H,7-13H2,1-2H3. The summed E-state index contributed by atoms with van der Waals surface area (Å²) in [4.78, 5) is 19.4. The summed E-state index contributed by atoms with van der Waals surface area (Å²) in [5, 5.41) is 11.1. The number of halogens is 1. The van der Waals surface area contributed by atoms with Crippen molar-refractivity contribution in [3.8, 4) is 0 Å². The van der Waals surface area contributed by atoms with Crippen LogP contribution in [0.15, 0.2) is 24.3 Å². The lowest BCUT2D eigenvalue weighted by atomic mass is 9.83. The Labute approximate surface area is 148 Å². The molecule has 1 amide bonds. The second-order valence-electron chi connectivity index (χ2n) is 7.16.